The molecule has 0 spiro atoms. The molecule has 7 aromatic carbocycles. The molecule has 10 rings (SSSR count). The topological polar surface area (TPSA) is 65.0 Å². The number of rotatable bonds is 7. The Morgan fingerprint density at radius 1 is 0.436 bits per heavy atom. The second kappa shape index (κ2) is 13.6. The Hall–Kier alpha value is -7.37. The lowest BCUT2D eigenvalue weighted by Gasteiger charge is -2.10. The number of fused-ring (bicyclic) bond motifs is 5. The zero-order valence-corrected chi connectivity index (χ0v) is 30.0. The highest BCUT2D eigenvalue weighted by atomic mass is 16.3. The number of benzene rings is 7. The summed E-state index contributed by atoms with van der Waals surface area (Å²) in [6, 6.07) is 54.0. The molecule has 0 aliphatic heterocycles. The van der Waals surface area contributed by atoms with Gasteiger partial charge in [0.15, 0.2) is 17.5 Å². The van der Waals surface area contributed by atoms with Crippen molar-refractivity contribution in [3.05, 3.63) is 187 Å². The third-order valence-electron chi connectivity index (χ3n) is 10.1. The van der Waals surface area contributed by atoms with Crippen molar-refractivity contribution in [1.82, 2.24) is 15.0 Å². The summed E-state index contributed by atoms with van der Waals surface area (Å²) in [5.41, 5.74) is 9.62. The summed E-state index contributed by atoms with van der Waals surface area (Å²) in [7, 11) is 0. The molecule has 0 saturated carbocycles. The van der Waals surface area contributed by atoms with Crippen molar-refractivity contribution < 1.29 is 8.83 Å². The predicted octanol–water partition coefficient (Wildman–Crippen LogP) is 13.4. The Labute approximate surface area is 317 Å². The summed E-state index contributed by atoms with van der Waals surface area (Å²) >= 11 is 0. The lowest BCUT2D eigenvalue weighted by molar-refractivity contribution is 0.577. The van der Waals surface area contributed by atoms with Gasteiger partial charge in [-0.05, 0) is 64.7 Å². The second-order valence-corrected chi connectivity index (χ2v) is 13.6. The standard InChI is InChI=1S/C50H33N3O2/c1-32-40(41-18-9-10-20-44(41)54-32)17-8-5-12-33-22-29-42-46(30-33)55-45-21-11-19-43(47(42)45)50-52-48(37-26-23-36(24-27-37)34-13-3-2-4-14-34)51-49(53-50)39-28-25-35-15-6-7-16-38(35)31-39/h2-31H,1H3/b12-5+,17-8-. The van der Waals surface area contributed by atoms with Crippen molar-refractivity contribution in [2.24, 2.45) is 0 Å². The summed E-state index contributed by atoms with van der Waals surface area (Å²) in [5, 5.41) is 5.37. The molecular formula is C50H33N3O2. The Kier molecular flexibility index (Phi) is 7.96. The van der Waals surface area contributed by atoms with Crippen LogP contribution in [0.2, 0.25) is 0 Å². The maximum atomic E-state index is 6.48. The second-order valence-electron chi connectivity index (χ2n) is 13.6. The minimum Gasteiger partial charge on any atom is -0.461 e. The molecule has 260 valence electrons. The highest BCUT2D eigenvalue weighted by Crippen LogP contribution is 2.37. The summed E-state index contributed by atoms with van der Waals surface area (Å²) in [4.78, 5) is 15.3. The molecule has 0 amide bonds. The van der Waals surface area contributed by atoms with Crippen LogP contribution in [-0.2, 0) is 0 Å². The van der Waals surface area contributed by atoms with Gasteiger partial charge < -0.3 is 8.83 Å². The Bertz CT molecular complexity index is 3100. The lowest BCUT2D eigenvalue weighted by atomic mass is 10.0. The van der Waals surface area contributed by atoms with Gasteiger partial charge in [0.1, 0.15) is 22.5 Å². The van der Waals surface area contributed by atoms with Crippen molar-refractivity contribution in [2.45, 2.75) is 6.92 Å². The fourth-order valence-corrected chi connectivity index (χ4v) is 7.37. The maximum absolute atomic E-state index is 6.48. The van der Waals surface area contributed by atoms with Gasteiger partial charge in [-0.3, -0.25) is 0 Å². The van der Waals surface area contributed by atoms with Crippen LogP contribution in [-0.4, -0.2) is 15.0 Å². The van der Waals surface area contributed by atoms with Gasteiger partial charge in [0, 0.05) is 38.4 Å². The molecule has 0 N–H and O–H groups in total. The molecule has 0 aliphatic rings. The van der Waals surface area contributed by atoms with Crippen molar-refractivity contribution >= 4 is 55.8 Å². The van der Waals surface area contributed by atoms with Gasteiger partial charge in [-0.15, -0.1) is 0 Å². The SMILES string of the molecule is Cc1oc2ccccc2c1/C=C\C=C\c1ccc2c(c1)oc1cccc(-c3nc(-c4ccc(-c5ccccc5)cc4)nc(-c4ccc5ccccc5c4)n3)c12. The molecule has 55 heavy (non-hydrogen) atoms. The van der Waals surface area contributed by atoms with E-state index in [2.05, 4.69) is 133 Å². The molecule has 3 aromatic heterocycles. The average Bonchev–Trinajstić information content (AvgIpc) is 3.78. The summed E-state index contributed by atoms with van der Waals surface area (Å²) in [6.07, 6.45) is 8.27. The number of hydrogen-bond acceptors (Lipinski definition) is 5. The van der Waals surface area contributed by atoms with E-state index in [9.17, 15) is 0 Å². The largest absolute Gasteiger partial charge is 0.461 e. The van der Waals surface area contributed by atoms with Crippen LogP contribution in [0.3, 0.4) is 0 Å². The normalized spacial score (nSPS) is 11.9. The van der Waals surface area contributed by atoms with E-state index in [1.807, 2.05) is 55.5 Å². The Morgan fingerprint density at radius 3 is 1.98 bits per heavy atom. The molecular weight excluding hydrogens is 675 g/mol. The van der Waals surface area contributed by atoms with E-state index < -0.39 is 0 Å². The number of nitrogens with zero attached hydrogens (tertiary/aromatic N) is 3. The van der Waals surface area contributed by atoms with Crippen LogP contribution < -0.4 is 0 Å². The Balaban J connectivity index is 1.05. The first-order valence-corrected chi connectivity index (χ1v) is 18.3. The van der Waals surface area contributed by atoms with E-state index in [1.54, 1.807) is 0 Å². The monoisotopic (exact) mass is 707 g/mol. The van der Waals surface area contributed by atoms with Crippen molar-refractivity contribution in [1.29, 1.82) is 0 Å². The third kappa shape index (κ3) is 6.08. The van der Waals surface area contributed by atoms with Gasteiger partial charge in [0.25, 0.3) is 0 Å². The lowest BCUT2D eigenvalue weighted by Crippen LogP contribution is -2.00. The van der Waals surface area contributed by atoms with E-state index in [-0.39, 0.29) is 0 Å². The number of allylic oxidation sites excluding steroid dienone is 2. The number of hydrogen-bond donors (Lipinski definition) is 0. The fraction of sp³-hybridized carbons (Fsp3) is 0.0200. The number of furan rings is 2. The van der Waals surface area contributed by atoms with Gasteiger partial charge in [-0.2, -0.15) is 0 Å². The van der Waals surface area contributed by atoms with Crippen LogP contribution in [0.5, 0.6) is 0 Å². The number of para-hydroxylation sites is 1. The highest BCUT2D eigenvalue weighted by molar-refractivity contribution is 6.12. The molecule has 5 heteroatoms. The molecule has 10 aromatic rings. The maximum Gasteiger partial charge on any atom is 0.164 e. The zero-order chi connectivity index (χ0) is 36.7. The molecule has 0 bridgehead atoms. The molecule has 3 heterocycles. The van der Waals surface area contributed by atoms with Gasteiger partial charge in [-0.1, -0.05) is 152 Å². The molecule has 0 unspecified atom stereocenters. The molecule has 0 saturated heterocycles. The minimum absolute atomic E-state index is 0.588. The molecule has 0 atom stereocenters. The van der Waals surface area contributed by atoms with E-state index >= 15 is 0 Å². The average molecular weight is 708 g/mol. The Morgan fingerprint density at radius 2 is 1.11 bits per heavy atom. The van der Waals surface area contributed by atoms with E-state index in [0.29, 0.717) is 17.5 Å². The van der Waals surface area contributed by atoms with Crippen LogP contribution in [0.1, 0.15) is 16.9 Å². The van der Waals surface area contributed by atoms with E-state index in [4.69, 9.17) is 23.8 Å². The molecule has 0 fully saturated rings. The highest BCUT2D eigenvalue weighted by Gasteiger charge is 2.18. The third-order valence-corrected chi connectivity index (χ3v) is 10.1. The smallest absolute Gasteiger partial charge is 0.164 e. The van der Waals surface area contributed by atoms with E-state index in [1.165, 1.54) is 5.39 Å². The first-order chi connectivity index (χ1) is 27.1. The van der Waals surface area contributed by atoms with Gasteiger partial charge in [0.05, 0.1) is 0 Å². The zero-order valence-electron chi connectivity index (χ0n) is 30.0. The van der Waals surface area contributed by atoms with Crippen molar-refractivity contribution in [3.63, 3.8) is 0 Å². The van der Waals surface area contributed by atoms with Gasteiger partial charge >= 0.3 is 0 Å². The molecule has 5 nitrogen and oxygen atoms in total. The van der Waals surface area contributed by atoms with Crippen molar-refractivity contribution in [3.8, 4) is 45.3 Å². The van der Waals surface area contributed by atoms with Crippen LogP contribution in [0.25, 0.3) is 101 Å². The summed E-state index contributed by atoms with van der Waals surface area (Å²) in [6.45, 7) is 2.00. The fourth-order valence-electron chi connectivity index (χ4n) is 7.37. The van der Waals surface area contributed by atoms with E-state index in [0.717, 1.165) is 83.0 Å². The molecule has 0 radical (unpaired) electrons. The minimum atomic E-state index is 0.588. The first-order valence-electron chi connectivity index (χ1n) is 18.3. The van der Waals surface area contributed by atoms with Crippen LogP contribution >= 0.6 is 0 Å². The quantitative estimate of drug-likeness (QED) is 0.154. The van der Waals surface area contributed by atoms with Crippen LogP contribution in [0.15, 0.2) is 179 Å². The number of aryl methyl sites for hydroxylation is 1. The van der Waals surface area contributed by atoms with Crippen LogP contribution in [0, 0.1) is 6.92 Å². The summed E-state index contributed by atoms with van der Waals surface area (Å²) < 4.78 is 12.4. The first kappa shape index (κ1) is 32.3. The molecule has 0 aliphatic carbocycles. The van der Waals surface area contributed by atoms with Crippen LogP contribution in [0.4, 0.5) is 0 Å². The summed E-state index contributed by atoms with van der Waals surface area (Å²) in [5.74, 6) is 2.71. The number of aromatic nitrogens is 3. The van der Waals surface area contributed by atoms with Gasteiger partial charge in [0.2, 0.25) is 0 Å². The van der Waals surface area contributed by atoms with Crippen molar-refractivity contribution in [2.75, 3.05) is 0 Å². The predicted molar refractivity (Wildman–Crippen MR) is 225 cm³/mol. The van der Waals surface area contributed by atoms with Gasteiger partial charge in [-0.25, -0.2) is 15.0 Å².